The predicted octanol–water partition coefficient (Wildman–Crippen LogP) is 3.34. The molecular formula is C17H33N3O2. The van der Waals surface area contributed by atoms with E-state index in [0.717, 1.165) is 0 Å². The van der Waals surface area contributed by atoms with Crippen molar-refractivity contribution in [2.75, 3.05) is 14.2 Å². The lowest BCUT2D eigenvalue weighted by atomic mass is 10.1. The molecule has 0 unspecified atom stereocenters. The number of rotatable bonds is 4. The number of methoxy groups -OCH3 is 1. The van der Waals surface area contributed by atoms with Crippen LogP contribution < -0.4 is 10.5 Å². The second kappa shape index (κ2) is 13.1. The van der Waals surface area contributed by atoms with Crippen LogP contribution in [0.1, 0.15) is 58.3 Å². The van der Waals surface area contributed by atoms with Gasteiger partial charge >= 0.3 is 0 Å². The van der Waals surface area contributed by atoms with E-state index >= 15 is 0 Å². The SMILES string of the molecule is CCC.CN.COc1cc(C(=O)N(C(C)C)C(C)C)ccn1. The number of nitrogens with zero attached hydrogens (tertiary/aromatic N) is 2. The van der Waals surface area contributed by atoms with Crippen LogP contribution >= 0.6 is 0 Å². The number of hydrogen-bond donors (Lipinski definition) is 1. The minimum Gasteiger partial charge on any atom is -0.481 e. The molecule has 0 spiro atoms. The number of pyridine rings is 1. The average Bonchev–Trinajstić information content (AvgIpc) is 2.49. The zero-order valence-corrected chi connectivity index (χ0v) is 15.4. The van der Waals surface area contributed by atoms with Crippen LogP contribution in [0.25, 0.3) is 0 Å². The molecule has 1 aromatic rings. The summed E-state index contributed by atoms with van der Waals surface area (Å²) in [6.45, 7) is 12.3. The lowest BCUT2D eigenvalue weighted by molar-refractivity contribution is 0.0643. The largest absolute Gasteiger partial charge is 0.481 e. The van der Waals surface area contributed by atoms with E-state index in [0.29, 0.717) is 11.4 Å². The minimum absolute atomic E-state index is 0.00991. The van der Waals surface area contributed by atoms with Gasteiger partial charge in [-0.05, 0) is 40.8 Å². The summed E-state index contributed by atoms with van der Waals surface area (Å²) >= 11 is 0. The third-order valence-electron chi connectivity index (χ3n) is 2.54. The third-order valence-corrected chi connectivity index (χ3v) is 2.54. The summed E-state index contributed by atoms with van der Waals surface area (Å²) in [6, 6.07) is 3.71. The maximum Gasteiger partial charge on any atom is 0.254 e. The molecule has 22 heavy (non-hydrogen) atoms. The first kappa shape index (κ1) is 22.7. The van der Waals surface area contributed by atoms with E-state index in [1.807, 2.05) is 32.6 Å². The fraction of sp³-hybridized carbons (Fsp3) is 0.647. The fourth-order valence-electron chi connectivity index (χ4n) is 1.87. The topological polar surface area (TPSA) is 68.5 Å². The number of aromatic nitrogens is 1. The van der Waals surface area contributed by atoms with Crippen molar-refractivity contribution in [1.29, 1.82) is 0 Å². The van der Waals surface area contributed by atoms with Crippen LogP contribution in [0.3, 0.4) is 0 Å². The fourth-order valence-corrected chi connectivity index (χ4v) is 1.87. The van der Waals surface area contributed by atoms with Crippen molar-refractivity contribution in [3.63, 3.8) is 0 Å². The molecule has 5 nitrogen and oxygen atoms in total. The molecule has 0 aromatic carbocycles. The molecule has 0 aliphatic heterocycles. The van der Waals surface area contributed by atoms with E-state index in [2.05, 4.69) is 24.6 Å². The van der Waals surface area contributed by atoms with Gasteiger partial charge in [-0.3, -0.25) is 4.79 Å². The minimum atomic E-state index is 0.00991. The molecule has 1 rings (SSSR count). The highest BCUT2D eigenvalue weighted by Gasteiger charge is 2.21. The summed E-state index contributed by atoms with van der Waals surface area (Å²) in [6.07, 6.45) is 2.84. The van der Waals surface area contributed by atoms with E-state index in [4.69, 9.17) is 4.74 Å². The van der Waals surface area contributed by atoms with Crippen molar-refractivity contribution in [2.24, 2.45) is 5.73 Å². The normalized spacial score (nSPS) is 9.41. The highest BCUT2D eigenvalue weighted by molar-refractivity contribution is 5.94. The number of ether oxygens (including phenoxy) is 1. The maximum atomic E-state index is 12.3. The second-order valence-corrected chi connectivity index (χ2v) is 5.19. The van der Waals surface area contributed by atoms with Gasteiger partial charge < -0.3 is 15.4 Å². The van der Waals surface area contributed by atoms with Crippen LogP contribution in [0.4, 0.5) is 0 Å². The Balaban J connectivity index is 0. The van der Waals surface area contributed by atoms with E-state index in [1.54, 1.807) is 25.4 Å². The van der Waals surface area contributed by atoms with Crippen molar-refractivity contribution < 1.29 is 9.53 Å². The van der Waals surface area contributed by atoms with E-state index in [-0.39, 0.29) is 18.0 Å². The molecule has 0 saturated carbocycles. The molecule has 1 heterocycles. The molecule has 1 amide bonds. The van der Waals surface area contributed by atoms with Crippen LogP contribution in [0.5, 0.6) is 5.88 Å². The number of hydrogen-bond acceptors (Lipinski definition) is 4. The van der Waals surface area contributed by atoms with Gasteiger partial charge in [-0.1, -0.05) is 20.3 Å². The van der Waals surface area contributed by atoms with Gasteiger partial charge in [0.15, 0.2) is 0 Å². The van der Waals surface area contributed by atoms with Gasteiger partial charge in [0.25, 0.3) is 5.91 Å². The molecule has 2 N–H and O–H groups in total. The predicted molar refractivity (Wildman–Crippen MR) is 93.3 cm³/mol. The highest BCUT2D eigenvalue weighted by Crippen LogP contribution is 2.15. The summed E-state index contributed by atoms with van der Waals surface area (Å²) in [7, 11) is 3.04. The van der Waals surface area contributed by atoms with Crippen LogP contribution in [-0.4, -0.2) is 42.0 Å². The number of carbonyl (C=O) groups excluding carboxylic acids is 1. The monoisotopic (exact) mass is 311 g/mol. The lowest BCUT2D eigenvalue weighted by Crippen LogP contribution is -2.42. The number of nitrogens with two attached hydrogens (primary N) is 1. The van der Waals surface area contributed by atoms with Crippen molar-refractivity contribution in [1.82, 2.24) is 9.88 Å². The zero-order valence-electron chi connectivity index (χ0n) is 15.4. The molecule has 0 fully saturated rings. The second-order valence-electron chi connectivity index (χ2n) is 5.19. The average molecular weight is 311 g/mol. The summed E-state index contributed by atoms with van der Waals surface area (Å²) in [5, 5.41) is 0. The molecule has 0 bridgehead atoms. The zero-order chi connectivity index (χ0) is 17.7. The van der Waals surface area contributed by atoms with E-state index in [1.165, 1.54) is 13.5 Å². The van der Waals surface area contributed by atoms with Crippen LogP contribution in [-0.2, 0) is 0 Å². The smallest absolute Gasteiger partial charge is 0.254 e. The Labute approximate surface area is 135 Å². The van der Waals surface area contributed by atoms with Crippen LogP contribution in [0, 0.1) is 0 Å². The molecular weight excluding hydrogens is 278 g/mol. The first-order chi connectivity index (χ1) is 10.4. The Morgan fingerprint density at radius 1 is 1.23 bits per heavy atom. The summed E-state index contributed by atoms with van der Waals surface area (Å²) < 4.78 is 5.02. The Morgan fingerprint density at radius 2 is 1.68 bits per heavy atom. The maximum absolute atomic E-state index is 12.3. The van der Waals surface area contributed by atoms with Crippen LogP contribution in [0.2, 0.25) is 0 Å². The molecule has 128 valence electrons. The van der Waals surface area contributed by atoms with E-state index in [9.17, 15) is 4.79 Å². The molecule has 0 atom stereocenters. The molecule has 1 aromatic heterocycles. The molecule has 0 aliphatic carbocycles. The Bertz CT molecular complexity index is 399. The van der Waals surface area contributed by atoms with Crippen molar-refractivity contribution in [2.45, 2.75) is 60.0 Å². The van der Waals surface area contributed by atoms with Gasteiger partial charge in [-0.25, -0.2) is 4.98 Å². The van der Waals surface area contributed by atoms with Crippen molar-refractivity contribution in [3.8, 4) is 5.88 Å². The first-order valence-corrected chi connectivity index (χ1v) is 7.79. The summed E-state index contributed by atoms with van der Waals surface area (Å²) in [4.78, 5) is 18.2. The Morgan fingerprint density at radius 3 is 2.05 bits per heavy atom. The molecule has 0 aliphatic rings. The number of carbonyl (C=O) groups is 1. The van der Waals surface area contributed by atoms with Gasteiger partial charge in [0.1, 0.15) is 0 Å². The first-order valence-electron chi connectivity index (χ1n) is 7.79. The molecule has 0 radical (unpaired) electrons. The van der Waals surface area contributed by atoms with Gasteiger partial charge in [-0.15, -0.1) is 0 Å². The summed E-state index contributed by atoms with van der Waals surface area (Å²) in [5.74, 6) is 0.471. The molecule has 0 saturated heterocycles. The standard InChI is InChI=1S/C13H20N2O2.C3H8.CH5N/c1-9(2)15(10(3)4)13(16)11-6-7-14-12(8-11)17-5;1-3-2;1-2/h6-10H,1-5H3;3H2,1-2H3;2H2,1H3. The lowest BCUT2D eigenvalue weighted by Gasteiger charge is -2.30. The summed E-state index contributed by atoms with van der Waals surface area (Å²) in [5.41, 5.74) is 5.11. The van der Waals surface area contributed by atoms with Crippen LogP contribution in [0.15, 0.2) is 18.3 Å². The van der Waals surface area contributed by atoms with Crippen molar-refractivity contribution >= 4 is 5.91 Å². The van der Waals surface area contributed by atoms with Crippen molar-refractivity contribution in [3.05, 3.63) is 23.9 Å². The van der Waals surface area contributed by atoms with Gasteiger partial charge in [0.05, 0.1) is 7.11 Å². The van der Waals surface area contributed by atoms with Gasteiger partial charge in [0, 0.05) is 29.9 Å². The Hall–Kier alpha value is -1.62. The van der Waals surface area contributed by atoms with Gasteiger partial charge in [0.2, 0.25) is 5.88 Å². The molecule has 5 heteroatoms. The quantitative estimate of drug-likeness (QED) is 0.926. The Kier molecular flexibility index (Phi) is 13.5. The highest BCUT2D eigenvalue weighted by atomic mass is 16.5. The van der Waals surface area contributed by atoms with Gasteiger partial charge in [-0.2, -0.15) is 0 Å². The number of amides is 1. The van der Waals surface area contributed by atoms with E-state index < -0.39 is 0 Å². The third kappa shape index (κ3) is 7.98.